The first-order valence-corrected chi connectivity index (χ1v) is 16.1. The van der Waals surface area contributed by atoms with Crippen molar-refractivity contribution in [3.05, 3.63) is 36.2 Å². The van der Waals surface area contributed by atoms with E-state index in [-0.39, 0.29) is 35.9 Å². The van der Waals surface area contributed by atoms with Crippen molar-refractivity contribution in [1.82, 2.24) is 29.3 Å². The van der Waals surface area contributed by atoms with Crippen LogP contribution in [0, 0.1) is 5.92 Å². The number of aromatic nitrogens is 4. The van der Waals surface area contributed by atoms with E-state index in [1.807, 2.05) is 16.8 Å². The van der Waals surface area contributed by atoms with Gasteiger partial charge >= 0.3 is 6.09 Å². The second-order valence-electron chi connectivity index (χ2n) is 12.0. The van der Waals surface area contributed by atoms with Gasteiger partial charge in [-0.2, -0.15) is 9.97 Å². The number of carbonyl (C=O) groups is 2. The van der Waals surface area contributed by atoms with E-state index in [1.54, 1.807) is 42.2 Å². The lowest BCUT2D eigenvalue weighted by Gasteiger charge is -2.38. The fourth-order valence-electron chi connectivity index (χ4n) is 6.63. The second kappa shape index (κ2) is 14.1. The molecule has 0 atom stereocenters. The highest BCUT2D eigenvalue weighted by Crippen LogP contribution is 2.33. The molecule has 248 valence electrons. The molecule has 2 saturated heterocycles. The second-order valence-corrected chi connectivity index (χ2v) is 12.0. The van der Waals surface area contributed by atoms with Gasteiger partial charge < -0.3 is 28.9 Å². The number of morpholine rings is 1. The van der Waals surface area contributed by atoms with Crippen LogP contribution < -0.4 is 9.64 Å². The molecule has 2 amide bonds. The van der Waals surface area contributed by atoms with Crippen molar-refractivity contribution in [3.8, 4) is 11.7 Å². The molecule has 14 heteroatoms. The molecule has 12 nitrogen and oxygen atoms in total. The number of fused-ring (bicyclic) bond motifs is 1. The number of carbonyl (C=O) groups excluding carboxylic acids is 2. The molecule has 2 aromatic heterocycles. The summed E-state index contributed by atoms with van der Waals surface area (Å²) >= 11 is 0. The number of halogens is 2. The molecule has 0 N–H and O–H groups in total. The summed E-state index contributed by atoms with van der Waals surface area (Å²) in [6.45, 7) is 5.44. The topological polar surface area (TPSA) is 115 Å². The molecule has 1 aliphatic carbocycles. The number of hydrogen-bond donors (Lipinski definition) is 0. The molecule has 0 spiro atoms. The monoisotopic (exact) mass is 641 g/mol. The SMILES string of the molecule is CCOC(=O)N1CCC(N(C)C(=O)[C@H]2CC[C@H](Oc3cc(-n4c(C(F)F)nc5ccccc54)nc(N4CCOCC4)n3)CC2)CC1. The van der Waals surface area contributed by atoms with Gasteiger partial charge in [0.2, 0.25) is 17.7 Å². The Balaban J connectivity index is 1.14. The Kier molecular flexibility index (Phi) is 9.81. The van der Waals surface area contributed by atoms with Crippen LogP contribution in [0.25, 0.3) is 16.9 Å². The minimum atomic E-state index is -2.81. The Hall–Kier alpha value is -4.07. The first-order valence-electron chi connectivity index (χ1n) is 16.1. The average Bonchev–Trinajstić information content (AvgIpc) is 3.49. The number of likely N-dealkylation sites (tertiary alicyclic amines) is 1. The fraction of sp³-hybridized carbons (Fsp3) is 0.594. The lowest BCUT2D eigenvalue weighted by Crippen LogP contribution is -2.49. The predicted octanol–water partition coefficient (Wildman–Crippen LogP) is 4.61. The zero-order chi connectivity index (χ0) is 32.2. The maximum atomic E-state index is 14.2. The highest BCUT2D eigenvalue weighted by Gasteiger charge is 2.34. The van der Waals surface area contributed by atoms with Crippen LogP contribution in [0.5, 0.6) is 5.88 Å². The number of ether oxygens (including phenoxy) is 3. The molecule has 0 unspecified atom stereocenters. The number of amides is 2. The summed E-state index contributed by atoms with van der Waals surface area (Å²) < 4.78 is 46.8. The van der Waals surface area contributed by atoms with Gasteiger partial charge in [-0.3, -0.25) is 9.36 Å². The van der Waals surface area contributed by atoms with Crippen LogP contribution in [-0.2, 0) is 14.3 Å². The summed E-state index contributed by atoms with van der Waals surface area (Å²) in [5, 5.41) is 0. The van der Waals surface area contributed by atoms with E-state index >= 15 is 0 Å². The molecule has 3 aliphatic rings. The number of nitrogens with zero attached hydrogens (tertiary/aromatic N) is 7. The van der Waals surface area contributed by atoms with Gasteiger partial charge in [-0.15, -0.1) is 0 Å². The summed E-state index contributed by atoms with van der Waals surface area (Å²) in [5.41, 5.74) is 0.967. The van der Waals surface area contributed by atoms with E-state index < -0.39 is 12.2 Å². The molecule has 4 heterocycles. The smallest absolute Gasteiger partial charge is 0.409 e. The van der Waals surface area contributed by atoms with Crippen LogP contribution in [0.15, 0.2) is 30.3 Å². The maximum absolute atomic E-state index is 14.2. The lowest BCUT2D eigenvalue weighted by molar-refractivity contribution is -0.138. The Bertz CT molecular complexity index is 1520. The summed E-state index contributed by atoms with van der Waals surface area (Å²) in [6, 6.07) is 8.66. The van der Waals surface area contributed by atoms with Crippen LogP contribution in [0.1, 0.15) is 57.7 Å². The molecule has 1 aromatic carbocycles. The van der Waals surface area contributed by atoms with E-state index in [1.165, 1.54) is 4.57 Å². The Morgan fingerprint density at radius 1 is 1.00 bits per heavy atom. The van der Waals surface area contributed by atoms with E-state index in [2.05, 4.69) is 4.98 Å². The van der Waals surface area contributed by atoms with E-state index in [0.717, 1.165) is 12.8 Å². The van der Waals surface area contributed by atoms with Crippen LogP contribution in [0.2, 0.25) is 0 Å². The zero-order valence-corrected chi connectivity index (χ0v) is 26.3. The first-order chi connectivity index (χ1) is 22.3. The number of hydrogen-bond acceptors (Lipinski definition) is 9. The summed E-state index contributed by atoms with van der Waals surface area (Å²) in [4.78, 5) is 44.6. The number of anilines is 1. The minimum Gasteiger partial charge on any atom is -0.474 e. The minimum absolute atomic E-state index is 0.0857. The van der Waals surface area contributed by atoms with Crippen molar-refractivity contribution in [1.29, 1.82) is 0 Å². The van der Waals surface area contributed by atoms with Gasteiger partial charge in [-0.1, -0.05) is 12.1 Å². The Morgan fingerprint density at radius 3 is 2.41 bits per heavy atom. The standard InChI is InChI=1S/C32H41F2N7O5/c1-3-45-32(43)40-14-12-22(13-15-40)38(2)30(42)21-8-10-23(11-9-21)46-27-20-26(36-31(37-27)39-16-18-44-19-17-39)41-25-7-5-4-6-24(25)35-29(41)28(33)34/h4-7,20-23,28H,3,8-19H2,1-2H3/t21-,23-. The molecule has 3 fully saturated rings. The quantitative estimate of drug-likeness (QED) is 0.348. The number of benzene rings is 1. The fourth-order valence-corrected chi connectivity index (χ4v) is 6.63. The first kappa shape index (κ1) is 31.9. The summed E-state index contributed by atoms with van der Waals surface area (Å²) in [6.07, 6.45) is 0.820. The molecule has 46 heavy (non-hydrogen) atoms. The third kappa shape index (κ3) is 6.86. The van der Waals surface area contributed by atoms with Crippen molar-refractivity contribution in [2.24, 2.45) is 5.92 Å². The predicted molar refractivity (Wildman–Crippen MR) is 165 cm³/mol. The van der Waals surface area contributed by atoms with E-state index in [4.69, 9.17) is 24.2 Å². The number of alkyl halides is 2. The maximum Gasteiger partial charge on any atom is 0.409 e. The summed E-state index contributed by atoms with van der Waals surface area (Å²) in [7, 11) is 1.86. The lowest BCUT2D eigenvalue weighted by atomic mass is 9.86. The molecule has 0 bridgehead atoms. The molecular weight excluding hydrogens is 600 g/mol. The van der Waals surface area contributed by atoms with Crippen molar-refractivity contribution in [2.45, 2.75) is 64.0 Å². The van der Waals surface area contributed by atoms with E-state index in [0.29, 0.717) is 94.5 Å². The van der Waals surface area contributed by atoms with Gasteiger partial charge in [0.15, 0.2) is 5.82 Å². The van der Waals surface area contributed by atoms with Crippen molar-refractivity contribution < 1.29 is 32.6 Å². The molecule has 0 radical (unpaired) electrons. The Labute approximate surface area is 266 Å². The number of rotatable bonds is 8. The van der Waals surface area contributed by atoms with Crippen LogP contribution >= 0.6 is 0 Å². The number of piperidine rings is 1. The van der Waals surface area contributed by atoms with Crippen molar-refractivity contribution in [3.63, 3.8) is 0 Å². The average molecular weight is 642 g/mol. The number of imidazole rings is 1. The van der Waals surface area contributed by atoms with Gasteiger partial charge in [-0.25, -0.2) is 18.6 Å². The van der Waals surface area contributed by atoms with Crippen molar-refractivity contribution >= 4 is 29.0 Å². The molecule has 3 aromatic rings. The van der Waals surface area contributed by atoms with Gasteiger partial charge in [-0.05, 0) is 57.6 Å². The van der Waals surface area contributed by atoms with Crippen molar-refractivity contribution in [2.75, 3.05) is 57.9 Å². The molecule has 2 aliphatic heterocycles. The van der Waals surface area contributed by atoms with Gasteiger partial charge in [0, 0.05) is 51.3 Å². The van der Waals surface area contributed by atoms with Crippen LogP contribution in [0.4, 0.5) is 19.5 Å². The highest BCUT2D eigenvalue weighted by molar-refractivity contribution is 5.79. The third-order valence-corrected chi connectivity index (χ3v) is 9.18. The van der Waals surface area contributed by atoms with E-state index in [9.17, 15) is 18.4 Å². The van der Waals surface area contributed by atoms with Gasteiger partial charge in [0.1, 0.15) is 11.9 Å². The molecule has 1 saturated carbocycles. The largest absolute Gasteiger partial charge is 0.474 e. The Morgan fingerprint density at radius 2 is 1.72 bits per heavy atom. The molecule has 6 rings (SSSR count). The van der Waals surface area contributed by atoms with Crippen LogP contribution in [0.3, 0.4) is 0 Å². The van der Waals surface area contributed by atoms with Crippen LogP contribution in [-0.4, -0.2) is 107 Å². The number of para-hydroxylation sites is 2. The summed E-state index contributed by atoms with van der Waals surface area (Å²) in [5.74, 6) is 0.559. The normalized spacial score (nSPS) is 21.1. The van der Waals surface area contributed by atoms with Gasteiger partial charge in [0.05, 0.1) is 30.9 Å². The van der Waals surface area contributed by atoms with Gasteiger partial charge in [0.25, 0.3) is 6.43 Å². The third-order valence-electron chi connectivity index (χ3n) is 9.18. The zero-order valence-electron chi connectivity index (χ0n) is 26.3. The molecular formula is C32H41F2N7O5. The highest BCUT2D eigenvalue weighted by atomic mass is 19.3.